The van der Waals surface area contributed by atoms with Gasteiger partial charge >= 0.3 is 0 Å². The van der Waals surface area contributed by atoms with Gasteiger partial charge in [-0.3, -0.25) is 10.1 Å². The molecule has 0 aromatic carbocycles. The van der Waals surface area contributed by atoms with Crippen LogP contribution in [0.5, 0.6) is 0 Å². The van der Waals surface area contributed by atoms with Crippen LogP contribution in [0, 0.1) is 5.92 Å². The molecule has 0 spiro atoms. The maximum atomic E-state index is 12.1. The zero-order valence-corrected chi connectivity index (χ0v) is 12.8. The Bertz CT molecular complexity index is 362. The number of hydrogen-bond acceptors (Lipinski definition) is 3. The van der Waals surface area contributed by atoms with Gasteiger partial charge in [-0.1, -0.05) is 19.9 Å². The van der Waals surface area contributed by atoms with Crippen LogP contribution >= 0.6 is 11.3 Å². The molecule has 0 radical (unpaired) electrons. The fourth-order valence-electron chi connectivity index (χ4n) is 1.90. The summed E-state index contributed by atoms with van der Waals surface area (Å²) >= 11 is 1.74. The normalized spacial score (nSPS) is 14.6. The number of hydrogen-bond donors (Lipinski definition) is 1. The highest BCUT2D eigenvalue weighted by Crippen LogP contribution is 2.26. The number of carbonyl (C=O) groups excluding carboxylic acids is 1. The smallest absolute Gasteiger partial charge is 0.239 e. The topological polar surface area (TPSA) is 32.3 Å². The van der Waals surface area contributed by atoms with Crippen molar-refractivity contribution in [2.75, 3.05) is 13.6 Å². The van der Waals surface area contributed by atoms with E-state index in [-0.39, 0.29) is 18.0 Å². The Balaban J connectivity index is 2.70. The van der Waals surface area contributed by atoms with Gasteiger partial charge in [-0.25, -0.2) is 0 Å². The van der Waals surface area contributed by atoms with Crippen LogP contribution in [0.3, 0.4) is 0 Å². The molecule has 0 aliphatic heterocycles. The molecule has 1 N–H and O–H groups in total. The first kappa shape index (κ1) is 15.2. The quantitative estimate of drug-likeness (QED) is 0.860. The van der Waals surface area contributed by atoms with E-state index in [1.807, 2.05) is 20.9 Å². The fourth-order valence-corrected chi connectivity index (χ4v) is 2.86. The van der Waals surface area contributed by atoms with Gasteiger partial charge in [-0.05, 0) is 31.2 Å². The van der Waals surface area contributed by atoms with Crippen LogP contribution in [0.25, 0.3) is 0 Å². The number of amides is 1. The third-order valence-electron chi connectivity index (χ3n) is 3.17. The molecule has 1 rings (SSSR count). The summed E-state index contributed by atoms with van der Waals surface area (Å²) in [5.74, 6) is 0.616. The van der Waals surface area contributed by atoms with Crippen molar-refractivity contribution in [2.24, 2.45) is 5.92 Å². The summed E-state index contributed by atoms with van der Waals surface area (Å²) < 4.78 is 0. The predicted molar refractivity (Wildman–Crippen MR) is 77.8 cm³/mol. The molecule has 0 fully saturated rings. The molecule has 3 nitrogen and oxygen atoms in total. The lowest BCUT2D eigenvalue weighted by molar-refractivity contribution is -0.131. The summed E-state index contributed by atoms with van der Waals surface area (Å²) in [4.78, 5) is 15.1. The SMILES string of the molecule is CCN(C)C(=O)C(C)NC(c1cccs1)C(C)C. The average molecular weight is 268 g/mol. The zero-order chi connectivity index (χ0) is 13.7. The van der Waals surface area contributed by atoms with Crippen LogP contribution in [0.4, 0.5) is 0 Å². The average Bonchev–Trinajstić information content (AvgIpc) is 2.86. The minimum Gasteiger partial charge on any atom is -0.345 e. The van der Waals surface area contributed by atoms with Crippen molar-refractivity contribution in [3.05, 3.63) is 22.4 Å². The van der Waals surface area contributed by atoms with Crippen molar-refractivity contribution < 1.29 is 4.79 Å². The second-order valence-electron chi connectivity index (χ2n) is 4.98. The first-order valence-corrected chi connectivity index (χ1v) is 7.39. The van der Waals surface area contributed by atoms with E-state index in [9.17, 15) is 4.79 Å². The second-order valence-corrected chi connectivity index (χ2v) is 5.96. The van der Waals surface area contributed by atoms with Crippen molar-refractivity contribution >= 4 is 17.2 Å². The van der Waals surface area contributed by atoms with E-state index in [0.29, 0.717) is 5.92 Å². The number of carbonyl (C=O) groups is 1. The lowest BCUT2D eigenvalue weighted by atomic mass is 10.0. The monoisotopic (exact) mass is 268 g/mol. The van der Waals surface area contributed by atoms with Gasteiger partial charge in [0.2, 0.25) is 5.91 Å². The number of likely N-dealkylation sites (N-methyl/N-ethyl adjacent to an activating group) is 1. The molecule has 1 amide bonds. The van der Waals surface area contributed by atoms with Crippen LogP contribution in [0.15, 0.2) is 17.5 Å². The minimum atomic E-state index is -0.149. The van der Waals surface area contributed by atoms with E-state index >= 15 is 0 Å². The van der Waals surface area contributed by atoms with Crippen molar-refractivity contribution in [1.29, 1.82) is 0 Å². The number of nitrogens with one attached hydrogen (secondary N) is 1. The molecule has 18 heavy (non-hydrogen) atoms. The first-order chi connectivity index (χ1) is 8.47. The molecule has 0 saturated carbocycles. The summed E-state index contributed by atoms with van der Waals surface area (Å²) in [6.07, 6.45) is 0. The van der Waals surface area contributed by atoms with Gasteiger partial charge in [-0.2, -0.15) is 0 Å². The lowest BCUT2D eigenvalue weighted by Crippen LogP contribution is -2.45. The maximum absolute atomic E-state index is 12.1. The highest BCUT2D eigenvalue weighted by Gasteiger charge is 2.23. The molecule has 2 unspecified atom stereocenters. The molecule has 102 valence electrons. The Morgan fingerprint density at radius 1 is 1.44 bits per heavy atom. The lowest BCUT2D eigenvalue weighted by Gasteiger charge is -2.27. The number of thiophene rings is 1. The van der Waals surface area contributed by atoms with E-state index < -0.39 is 0 Å². The zero-order valence-electron chi connectivity index (χ0n) is 11.9. The van der Waals surface area contributed by atoms with Crippen molar-refractivity contribution in [3.8, 4) is 0 Å². The van der Waals surface area contributed by atoms with Gasteiger partial charge in [0.25, 0.3) is 0 Å². The molecule has 0 aliphatic rings. The second kappa shape index (κ2) is 6.90. The highest BCUT2D eigenvalue weighted by atomic mass is 32.1. The summed E-state index contributed by atoms with van der Waals surface area (Å²) in [6, 6.07) is 4.28. The molecular formula is C14H24N2OS. The third kappa shape index (κ3) is 3.82. The van der Waals surface area contributed by atoms with Crippen LogP contribution in [0.1, 0.15) is 38.6 Å². The molecule has 0 aliphatic carbocycles. The van der Waals surface area contributed by atoms with E-state index in [1.165, 1.54) is 4.88 Å². The Hall–Kier alpha value is -0.870. The molecule has 1 aromatic heterocycles. The van der Waals surface area contributed by atoms with Gasteiger partial charge in [0, 0.05) is 24.5 Å². The number of rotatable bonds is 6. The maximum Gasteiger partial charge on any atom is 0.239 e. The van der Waals surface area contributed by atoms with Gasteiger partial charge in [0.1, 0.15) is 0 Å². The van der Waals surface area contributed by atoms with Crippen LogP contribution < -0.4 is 5.32 Å². The van der Waals surface area contributed by atoms with E-state index in [4.69, 9.17) is 0 Å². The molecule has 4 heteroatoms. The summed E-state index contributed by atoms with van der Waals surface area (Å²) in [5, 5.41) is 5.53. The fraction of sp³-hybridized carbons (Fsp3) is 0.643. The first-order valence-electron chi connectivity index (χ1n) is 6.51. The van der Waals surface area contributed by atoms with Crippen LogP contribution in [0.2, 0.25) is 0 Å². The van der Waals surface area contributed by atoms with E-state index in [1.54, 1.807) is 16.2 Å². The molecule has 0 saturated heterocycles. The van der Waals surface area contributed by atoms with Crippen molar-refractivity contribution in [2.45, 2.75) is 39.8 Å². The van der Waals surface area contributed by atoms with Crippen LogP contribution in [-0.2, 0) is 4.79 Å². The molecule has 1 heterocycles. The Morgan fingerprint density at radius 2 is 2.11 bits per heavy atom. The third-order valence-corrected chi connectivity index (χ3v) is 4.12. The summed E-state index contributed by atoms with van der Waals surface area (Å²) in [6.45, 7) is 9.04. The van der Waals surface area contributed by atoms with E-state index in [0.717, 1.165) is 6.54 Å². The van der Waals surface area contributed by atoms with Gasteiger partial charge in [0.05, 0.1) is 6.04 Å². The summed E-state index contributed by atoms with van der Waals surface area (Å²) in [7, 11) is 1.84. The molecule has 1 aromatic rings. The number of nitrogens with zero attached hydrogens (tertiary/aromatic N) is 1. The predicted octanol–water partition coefficient (Wildman–Crippen LogP) is 2.90. The Morgan fingerprint density at radius 3 is 2.56 bits per heavy atom. The molecule has 0 bridgehead atoms. The van der Waals surface area contributed by atoms with Crippen molar-refractivity contribution in [3.63, 3.8) is 0 Å². The van der Waals surface area contributed by atoms with E-state index in [2.05, 4.69) is 36.7 Å². The van der Waals surface area contributed by atoms with Gasteiger partial charge < -0.3 is 4.90 Å². The molecule has 2 atom stereocenters. The minimum absolute atomic E-state index is 0.149. The highest BCUT2D eigenvalue weighted by molar-refractivity contribution is 7.10. The van der Waals surface area contributed by atoms with Crippen LogP contribution in [-0.4, -0.2) is 30.4 Å². The molecular weight excluding hydrogens is 244 g/mol. The van der Waals surface area contributed by atoms with Crippen molar-refractivity contribution in [1.82, 2.24) is 10.2 Å². The van der Waals surface area contributed by atoms with Gasteiger partial charge in [0.15, 0.2) is 0 Å². The standard InChI is InChI=1S/C14H24N2OS/c1-6-16(5)14(17)11(4)15-13(10(2)3)12-8-7-9-18-12/h7-11,13,15H,6H2,1-5H3. The van der Waals surface area contributed by atoms with Gasteiger partial charge in [-0.15, -0.1) is 11.3 Å². The largest absolute Gasteiger partial charge is 0.345 e. The Labute approximate surface area is 114 Å². The Kier molecular flexibility index (Phi) is 5.82. The summed E-state index contributed by atoms with van der Waals surface area (Å²) in [5.41, 5.74) is 0.